The van der Waals surface area contributed by atoms with Gasteiger partial charge in [-0.3, -0.25) is 4.79 Å². The molecule has 1 unspecified atom stereocenters. The van der Waals surface area contributed by atoms with Gasteiger partial charge in [0, 0.05) is 12.1 Å². The van der Waals surface area contributed by atoms with Crippen molar-refractivity contribution in [3.8, 4) is 0 Å². The third-order valence-corrected chi connectivity index (χ3v) is 3.92. The van der Waals surface area contributed by atoms with Crippen molar-refractivity contribution in [3.63, 3.8) is 0 Å². The predicted molar refractivity (Wildman–Crippen MR) is 73.0 cm³/mol. The third-order valence-electron chi connectivity index (χ3n) is 3.42. The molecule has 2 N–H and O–H groups in total. The van der Waals surface area contributed by atoms with E-state index in [0.29, 0.717) is 24.3 Å². The first-order valence-electron chi connectivity index (χ1n) is 6.34. The number of hydrogen-bond acceptors (Lipinski definition) is 2. The van der Waals surface area contributed by atoms with Gasteiger partial charge >= 0.3 is 0 Å². The quantitative estimate of drug-likeness (QED) is 0.882. The molecule has 0 saturated carbocycles. The minimum absolute atomic E-state index is 0.0310. The van der Waals surface area contributed by atoms with Crippen LogP contribution in [0.15, 0.2) is 6.07 Å². The zero-order valence-electron chi connectivity index (χ0n) is 10.7. The summed E-state index contributed by atoms with van der Waals surface area (Å²) in [5.41, 5.74) is 3.53. The number of fused-ring (bicyclic) bond motifs is 1. The summed E-state index contributed by atoms with van der Waals surface area (Å²) in [7, 11) is 0. The number of carbonyl (C=O) groups excluding carboxylic acids is 1. The molecule has 1 heterocycles. The Balaban J connectivity index is 2.46. The average Bonchev–Trinajstić information content (AvgIpc) is 2.34. The Labute approximate surface area is 112 Å². The van der Waals surface area contributed by atoms with E-state index in [2.05, 4.69) is 5.32 Å². The molecule has 0 fully saturated rings. The SMILES string of the molecule is CCCC(O)c1cc2c(c(C)c1Cl)NC(=O)CC2. The molecular formula is C14H18ClNO2. The maximum atomic E-state index is 11.4. The Kier molecular flexibility index (Phi) is 3.93. The molecule has 1 atom stereocenters. The molecule has 0 radical (unpaired) electrons. The van der Waals surface area contributed by atoms with Crippen LogP contribution in [0.5, 0.6) is 0 Å². The molecule has 3 nitrogen and oxygen atoms in total. The van der Waals surface area contributed by atoms with E-state index < -0.39 is 6.10 Å². The smallest absolute Gasteiger partial charge is 0.224 e. The highest BCUT2D eigenvalue weighted by atomic mass is 35.5. The first-order chi connectivity index (χ1) is 8.54. The van der Waals surface area contributed by atoms with Crippen molar-refractivity contribution in [3.05, 3.63) is 27.8 Å². The van der Waals surface area contributed by atoms with Gasteiger partial charge < -0.3 is 10.4 Å². The van der Waals surface area contributed by atoms with E-state index in [4.69, 9.17) is 11.6 Å². The summed E-state index contributed by atoms with van der Waals surface area (Å²) in [5.74, 6) is 0.0310. The van der Waals surface area contributed by atoms with E-state index in [0.717, 1.165) is 28.8 Å². The van der Waals surface area contributed by atoms with Crippen molar-refractivity contribution >= 4 is 23.2 Å². The van der Waals surface area contributed by atoms with E-state index in [9.17, 15) is 9.90 Å². The normalized spacial score (nSPS) is 16.1. The monoisotopic (exact) mass is 267 g/mol. The molecule has 0 spiro atoms. The van der Waals surface area contributed by atoms with E-state index in [1.807, 2.05) is 19.9 Å². The molecule has 2 rings (SSSR count). The predicted octanol–water partition coefficient (Wildman–Crippen LogP) is 3.37. The van der Waals surface area contributed by atoms with Crippen LogP contribution in [0.4, 0.5) is 5.69 Å². The van der Waals surface area contributed by atoms with Crippen molar-refractivity contribution in [1.82, 2.24) is 0 Å². The number of rotatable bonds is 3. The van der Waals surface area contributed by atoms with Gasteiger partial charge in [-0.15, -0.1) is 0 Å². The largest absolute Gasteiger partial charge is 0.388 e. The number of aliphatic hydroxyl groups is 1. The lowest BCUT2D eigenvalue weighted by atomic mass is 9.93. The van der Waals surface area contributed by atoms with Crippen LogP contribution in [0.25, 0.3) is 0 Å². The first-order valence-corrected chi connectivity index (χ1v) is 6.72. The summed E-state index contributed by atoms with van der Waals surface area (Å²) in [5, 5.41) is 13.5. The number of carbonyl (C=O) groups is 1. The molecular weight excluding hydrogens is 250 g/mol. The van der Waals surface area contributed by atoms with E-state index in [1.54, 1.807) is 0 Å². The van der Waals surface area contributed by atoms with Gasteiger partial charge in [0.25, 0.3) is 0 Å². The zero-order valence-corrected chi connectivity index (χ0v) is 11.5. The van der Waals surface area contributed by atoms with Gasteiger partial charge in [-0.25, -0.2) is 0 Å². The second kappa shape index (κ2) is 5.29. The van der Waals surface area contributed by atoms with Gasteiger partial charge in [-0.2, -0.15) is 0 Å². The Morgan fingerprint density at radius 1 is 1.50 bits per heavy atom. The lowest BCUT2D eigenvalue weighted by Crippen LogP contribution is -2.20. The first kappa shape index (κ1) is 13.4. The zero-order chi connectivity index (χ0) is 13.3. The van der Waals surface area contributed by atoms with Crippen LogP contribution in [0, 0.1) is 6.92 Å². The van der Waals surface area contributed by atoms with Gasteiger partial charge in [-0.1, -0.05) is 24.9 Å². The van der Waals surface area contributed by atoms with E-state index >= 15 is 0 Å². The van der Waals surface area contributed by atoms with Crippen molar-refractivity contribution in [2.24, 2.45) is 0 Å². The highest BCUT2D eigenvalue weighted by Crippen LogP contribution is 2.37. The standard InChI is InChI=1S/C14H18ClNO2/c1-3-4-11(17)10-7-9-5-6-12(18)16-14(9)8(2)13(10)15/h7,11,17H,3-6H2,1-2H3,(H,16,18). The van der Waals surface area contributed by atoms with Crippen LogP contribution in [0.2, 0.25) is 5.02 Å². The van der Waals surface area contributed by atoms with E-state index in [-0.39, 0.29) is 5.91 Å². The summed E-state index contributed by atoms with van der Waals surface area (Å²) in [6.07, 6.45) is 2.29. The molecule has 4 heteroatoms. The number of aliphatic hydroxyl groups excluding tert-OH is 1. The fourth-order valence-electron chi connectivity index (χ4n) is 2.38. The minimum atomic E-state index is -0.524. The fourth-order valence-corrected chi connectivity index (χ4v) is 2.66. The highest BCUT2D eigenvalue weighted by molar-refractivity contribution is 6.32. The minimum Gasteiger partial charge on any atom is -0.388 e. The Hall–Kier alpha value is -1.06. The third kappa shape index (κ3) is 2.38. The molecule has 0 aliphatic carbocycles. The summed E-state index contributed by atoms with van der Waals surface area (Å²) in [4.78, 5) is 11.4. The Morgan fingerprint density at radius 2 is 2.22 bits per heavy atom. The van der Waals surface area contributed by atoms with Crippen LogP contribution >= 0.6 is 11.6 Å². The van der Waals surface area contributed by atoms with Crippen molar-refractivity contribution in [1.29, 1.82) is 0 Å². The summed E-state index contributed by atoms with van der Waals surface area (Å²) >= 11 is 6.30. The number of hydrogen-bond donors (Lipinski definition) is 2. The summed E-state index contributed by atoms with van der Waals surface area (Å²) < 4.78 is 0. The van der Waals surface area contributed by atoms with Crippen LogP contribution in [0.3, 0.4) is 0 Å². The van der Waals surface area contributed by atoms with Gasteiger partial charge in [0.15, 0.2) is 0 Å². The maximum absolute atomic E-state index is 11.4. The van der Waals surface area contributed by atoms with Crippen molar-refractivity contribution < 1.29 is 9.90 Å². The molecule has 18 heavy (non-hydrogen) atoms. The Morgan fingerprint density at radius 3 is 2.89 bits per heavy atom. The molecule has 0 aromatic heterocycles. The second-order valence-corrected chi connectivity index (χ2v) is 5.17. The topological polar surface area (TPSA) is 49.3 Å². The number of benzene rings is 1. The molecule has 1 aromatic carbocycles. The Bertz CT molecular complexity index is 485. The van der Waals surface area contributed by atoms with Gasteiger partial charge in [0.1, 0.15) is 0 Å². The lowest BCUT2D eigenvalue weighted by Gasteiger charge is -2.23. The van der Waals surface area contributed by atoms with Crippen LogP contribution in [-0.4, -0.2) is 11.0 Å². The van der Waals surface area contributed by atoms with Gasteiger partial charge in [0.2, 0.25) is 5.91 Å². The van der Waals surface area contributed by atoms with Crippen LogP contribution < -0.4 is 5.32 Å². The molecule has 1 aliphatic heterocycles. The van der Waals surface area contributed by atoms with E-state index in [1.165, 1.54) is 0 Å². The molecule has 0 saturated heterocycles. The number of anilines is 1. The van der Waals surface area contributed by atoms with Gasteiger partial charge in [-0.05, 0) is 42.5 Å². The van der Waals surface area contributed by atoms with Crippen LogP contribution in [-0.2, 0) is 11.2 Å². The number of nitrogens with one attached hydrogen (secondary N) is 1. The molecule has 1 aliphatic rings. The van der Waals surface area contributed by atoms with Crippen molar-refractivity contribution in [2.45, 2.75) is 45.6 Å². The maximum Gasteiger partial charge on any atom is 0.224 e. The number of aryl methyl sites for hydroxylation is 1. The fraction of sp³-hybridized carbons (Fsp3) is 0.500. The molecule has 1 aromatic rings. The molecule has 1 amide bonds. The van der Waals surface area contributed by atoms with Gasteiger partial charge in [0.05, 0.1) is 11.1 Å². The summed E-state index contributed by atoms with van der Waals surface area (Å²) in [6, 6.07) is 1.93. The number of amides is 1. The highest BCUT2D eigenvalue weighted by Gasteiger charge is 2.22. The summed E-state index contributed by atoms with van der Waals surface area (Å²) in [6.45, 7) is 3.91. The lowest BCUT2D eigenvalue weighted by molar-refractivity contribution is -0.116. The number of halogens is 1. The molecule has 98 valence electrons. The van der Waals surface area contributed by atoms with Crippen LogP contribution in [0.1, 0.15) is 49.0 Å². The average molecular weight is 268 g/mol. The second-order valence-electron chi connectivity index (χ2n) is 4.79. The molecule has 0 bridgehead atoms. The van der Waals surface area contributed by atoms with Crippen molar-refractivity contribution in [2.75, 3.05) is 5.32 Å².